The maximum Gasteiger partial charge on any atom is 0.408 e. The van der Waals surface area contributed by atoms with Crippen LogP contribution in [0.1, 0.15) is 32.0 Å². The van der Waals surface area contributed by atoms with E-state index in [-0.39, 0.29) is 6.42 Å². The normalized spacial score (nSPS) is 12.6. The molecule has 0 saturated carbocycles. The first kappa shape index (κ1) is 15.9. The fourth-order valence-corrected chi connectivity index (χ4v) is 1.58. The lowest BCUT2D eigenvalue weighted by Crippen LogP contribution is -2.44. The van der Waals surface area contributed by atoms with Gasteiger partial charge in [0.25, 0.3) is 0 Å². The fraction of sp³-hybridized carbons (Fsp3) is 0.500. The zero-order valence-corrected chi connectivity index (χ0v) is 12.1. The summed E-state index contributed by atoms with van der Waals surface area (Å²) in [6.45, 7) is 6.98. The van der Waals surface area contributed by atoms with Gasteiger partial charge in [0.05, 0.1) is 0 Å². The second-order valence-corrected chi connectivity index (χ2v) is 5.51. The predicted molar refractivity (Wildman–Crippen MR) is 73.5 cm³/mol. The Morgan fingerprint density at radius 2 is 2.10 bits per heavy atom. The van der Waals surface area contributed by atoms with Gasteiger partial charge in [0.1, 0.15) is 11.6 Å². The molecule has 0 aromatic carbocycles. The summed E-state index contributed by atoms with van der Waals surface area (Å²) >= 11 is 0. The quantitative estimate of drug-likeness (QED) is 0.879. The molecule has 0 aliphatic rings. The summed E-state index contributed by atoms with van der Waals surface area (Å²) in [4.78, 5) is 27.0. The zero-order valence-electron chi connectivity index (χ0n) is 12.1. The van der Waals surface area contributed by atoms with Crippen LogP contribution in [0.4, 0.5) is 4.79 Å². The van der Waals surface area contributed by atoms with Gasteiger partial charge in [-0.1, -0.05) is 6.07 Å². The Labute approximate surface area is 118 Å². The molecular weight excluding hydrogens is 260 g/mol. The Hall–Kier alpha value is -2.11. The van der Waals surface area contributed by atoms with Crippen molar-refractivity contribution in [3.8, 4) is 0 Å². The van der Waals surface area contributed by atoms with Crippen LogP contribution in [0.3, 0.4) is 0 Å². The molecule has 6 nitrogen and oxygen atoms in total. The number of hydrogen-bond acceptors (Lipinski definition) is 4. The number of aromatic nitrogens is 1. The Morgan fingerprint density at radius 3 is 2.60 bits per heavy atom. The molecule has 1 aromatic heterocycles. The smallest absolute Gasteiger partial charge is 0.408 e. The summed E-state index contributed by atoms with van der Waals surface area (Å²) in [5.74, 6) is -1.12. The fourth-order valence-electron chi connectivity index (χ4n) is 1.58. The van der Waals surface area contributed by atoms with Crippen LogP contribution in [-0.2, 0) is 16.0 Å². The highest BCUT2D eigenvalue weighted by atomic mass is 16.6. The number of aryl methyl sites for hydroxylation is 1. The average Bonchev–Trinajstić information content (AvgIpc) is 2.28. The number of alkyl carbamates (subject to hydrolysis) is 1. The number of carbonyl (C=O) groups is 2. The molecule has 1 atom stereocenters. The van der Waals surface area contributed by atoms with Gasteiger partial charge in [0, 0.05) is 18.3 Å². The summed E-state index contributed by atoms with van der Waals surface area (Å²) in [6, 6.07) is 2.54. The van der Waals surface area contributed by atoms with Crippen molar-refractivity contribution < 1.29 is 19.4 Å². The highest BCUT2D eigenvalue weighted by Crippen LogP contribution is 2.09. The molecule has 110 valence electrons. The summed E-state index contributed by atoms with van der Waals surface area (Å²) in [5, 5.41) is 11.5. The van der Waals surface area contributed by atoms with Crippen LogP contribution in [0.25, 0.3) is 0 Å². The van der Waals surface area contributed by atoms with Crippen molar-refractivity contribution >= 4 is 12.1 Å². The molecule has 0 aliphatic heterocycles. The molecule has 0 aliphatic carbocycles. The van der Waals surface area contributed by atoms with Gasteiger partial charge in [-0.25, -0.2) is 9.59 Å². The Kier molecular flexibility index (Phi) is 5.07. The number of aliphatic carboxylic acids is 1. The number of ether oxygens (including phenoxy) is 1. The van der Waals surface area contributed by atoms with Crippen molar-refractivity contribution in [2.24, 2.45) is 0 Å². The van der Waals surface area contributed by atoms with Gasteiger partial charge in [-0.15, -0.1) is 0 Å². The molecule has 0 fully saturated rings. The summed E-state index contributed by atoms with van der Waals surface area (Å²) in [7, 11) is 0. The summed E-state index contributed by atoms with van der Waals surface area (Å²) in [5.41, 5.74) is 0.842. The number of rotatable bonds is 4. The largest absolute Gasteiger partial charge is 0.480 e. The van der Waals surface area contributed by atoms with Crippen molar-refractivity contribution in [2.45, 2.75) is 45.8 Å². The second kappa shape index (κ2) is 6.36. The molecular formula is C14H20N2O4. The van der Waals surface area contributed by atoms with Crippen LogP contribution in [0.5, 0.6) is 0 Å². The summed E-state index contributed by atoms with van der Waals surface area (Å²) in [6.07, 6.45) is 0.953. The van der Waals surface area contributed by atoms with Crippen molar-refractivity contribution in [3.63, 3.8) is 0 Å². The maximum atomic E-state index is 11.6. The molecule has 1 amide bonds. The first-order valence-electron chi connectivity index (χ1n) is 6.32. The third kappa shape index (κ3) is 5.26. The SMILES string of the molecule is Cc1cccnc1C[C@@H](NC(=O)OC(C)(C)C)C(=O)O. The predicted octanol–water partition coefficient (Wildman–Crippen LogP) is 1.91. The number of carboxylic acids is 1. The average molecular weight is 280 g/mol. The van der Waals surface area contributed by atoms with E-state index in [0.29, 0.717) is 5.69 Å². The minimum absolute atomic E-state index is 0.112. The lowest BCUT2D eigenvalue weighted by molar-refractivity contribution is -0.139. The van der Waals surface area contributed by atoms with Crippen molar-refractivity contribution in [2.75, 3.05) is 0 Å². The number of carbonyl (C=O) groups excluding carboxylic acids is 1. The molecule has 1 heterocycles. The van der Waals surface area contributed by atoms with Gasteiger partial charge < -0.3 is 15.2 Å². The summed E-state index contributed by atoms with van der Waals surface area (Å²) < 4.78 is 5.05. The van der Waals surface area contributed by atoms with Gasteiger partial charge in [-0.05, 0) is 39.3 Å². The number of nitrogens with one attached hydrogen (secondary N) is 1. The van der Waals surface area contributed by atoms with E-state index in [2.05, 4.69) is 10.3 Å². The van der Waals surface area contributed by atoms with E-state index < -0.39 is 23.7 Å². The molecule has 1 aromatic rings. The van der Waals surface area contributed by atoms with E-state index in [0.717, 1.165) is 5.56 Å². The van der Waals surface area contributed by atoms with E-state index in [1.165, 1.54) is 0 Å². The Morgan fingerprint density at radius 1 is 1.45 bits per heavy atom. The number of hydrogen-bond donors (Lipinski definition) is 2. The van der Waals surface area contributed by atoms with Crippen molar-refractivity contribution in [1.29, 1.82) is 0 Å². The van der Waals surface area contributed by atoms with E-state index in [9.17, 15) is 14.7 Å². The highest BCUT2D eigenvalue weighted by Gasteiger charge is 2.25. The van der Waals surface area contributed by atoms with Crippen LogP contribution in [-0.4, -0.2) is 33.8 Å². The van der Waals surface area contributed by atoms with Crippen LogP contribution in [0.15, 0.2) is 18.3 Å². The van der Waals surface area contributed by atoms with Gasteiger partial charge in [-0.2, -0.15) is 0 Å². The van der Waals surface area contributed by atoms with E-state index >= 15 is 0 Å². The van der Waals surface area contributed by atoms with Gasteiger partial charge in [0.2, 0.25) is 0 Å². The lowest BCUT2D eigenvalue weighted by Gasteiger charge is -2.22. The van der Waals surface area contributed by atoms with Crippen LogP contribution < -0.4 is 5.32 Å². The molecule has 0 unspecified atom stereocenters. The van der Waals surface area contributed by atoms with Gasteiger partial charge in [-0.3, -0.25) is 4.98 Å². The molecule has 0 radical (unpaired) electrons. The van der Waals surface area contributed by atoms with Crippen molar-refractivity contribution in [3.05, 3.63) is 29.6 Å². The minimum Gasteiger partial charge on any atom is -0.480 e. The molecule has 2 N–H and O–H groups in total. The number of carboxylic acid groups (broad SMARTS) is 1. The van der Waals surface area contributed by atoms with Gasteiger partial charge in [0.15, 0.2) is 0 Å². The maximum absolute atomic E-state index is 11.6. The number of amides is 1. The van der Waals surface area contributed by atoms with E-state index in [4.69, 9.17) is 4.74 Å². The molecule has 6 heteroatoms. The Bertz CT molecular complexity index is 494. The van der Waals surface area contributed by atoms with Crippen molar-refractivity contribution in [1.82, 2.24) is 10.3 Å². The molecule has 0 bridgehead atoms. The van der Waals surface area contributed by atoms with E-state index in [1.807, 2.05) is 13.0 Å². The molecule has 0 saturated heterocycles. The second-order valence-electron chi connectivity index (χ2n) is 5.51. The number of nitrogens with zero attached hydrogens (tertiary/aromatic N) is 1. The topological polar surface area (TPSA) is 88.5 Å². The number of pyridine rings is 1. The zero-order chi connectivity index (χ0) is 15.3. The third-order valence-electron chi connectivity index (χ3n) is 2.50. The van der Waals surface area contributed by atoms with Crippen LogP contribution >= 0.6 is 0 Å². The lowest BCUT2D eigenvalue weighted by atomic mass is 10.1. The van der Waals surface area contributed by atoms with Crippen LogP contribution in [0, 0.1) is 6.92 Å². The third-order valence-corrected chi connectivity index (χ3v) is 2.50. The highest BCUT2D eigenvalue weighted by molar-refractivity contribution is 5.80. The molecule has 20 heavy (non-hydrogen) atoms. The van der Waals surface area contributed by atoms with Gasteiger partial charge >= 0.3 is 12.1 Å². The standard InChI is InChI=1S/C14H20N2O4/c1-9-6-5-7-15-10(9)8-11(12(17)18)16-13(19)20-14(2,3)4/h5-7,11H,8H2,1-4H3,(H,16,19)(H,17,18)/t11-/m1/s1. The molecule has 1 rings (SSSR count). The first-order valence-corrected chi connectivity index (χ1v) is 6.32. The van der Waals surface area contributed by atoms with Crippen LogP contribution in [0.2, 0.25) is 0 Å². The molecule has 0 spiro atoms. The monoisotopic (exact) mass is 280 g/mol. The first-order chi connectivity index (χ1) is 9.19. The minimum atomic E-state index is -1.12. The Balaban J connectivity index is 2.74. The van der Waals surface area contributed by atoms with E-state index in [1.54, 1.807) is 33.0 Å².